The van der Waals surface area contributed by atoms with Crippen LogP contribution in [0.1, 0.15) is 0 Å². The van der Waals surface area contributed by atoms with Gasteiger partial charge in [-0.2, -0.15) is 0 Å². The van der Waals surface area contributed by atoms with Gasteiger partial charge in [-0.1, -0.05) is 34.8 Å². The lowest BCUT2D eigenvalue weighted by Gasteiger charge is -2.14. The molecule has 5 rings (SSSR count). The van der Waals surface area contributed by atoms with E-state index in [4.69, 9.17) is 39.8 Å². The van der Waals surface area contributed by atoms with E-state index in [9.17, 15) is 4.79 Å². The zero-order valence-electron chi connectivity index (χ0n) is 15.7. The van der Waals surface area contributed by atoms with Crippen LogP contribution in [0.5, 0.6) is 0 Å². The van der Waals surface area contributed by atoms with Crippen LogP contribution in [0.2, 0.25) is 15.1 Å². The molecule has 0 aliphatic rings. The van der Waals surface area contributed by atoms with E-state index in [1.54, 1.807) is 71.8 Å². The zero-order valence-corrected chi connectivity index (χ0v) is 18.0. The Balaban J connectivity index is 1.88. The summed E-state index contributed by atoms with van der Waals surface area (Å²) in [5.41, 5.74) is 2.14. The average Bonchev–Trinajstić information content (AvgIpc) is 3.20. The summed E-state index contributed by atoms with van der Waals surface area (Å²) in [4.78, 5) is 26.8. The van der Waals surface area contributed by atoms with Gasteiger partial charge in [-0.3, -0.25) is 18.9 Å². The van der Waals surface area contributed by atoms with Crippen LogP contribution in [0.15, 0.2) is 78.1 Å². The lowest BCUT2D eigenvalue weighted by Crippen LogP contribution is -2.22. The molecule has 0 atom stereocenters. The maximum Gasteiger partial charge on any atom is 0.286 e. The van der Waals surface area contributed by atoms with Crippen LogP contribution in [-0.2, 0) is 0 Å². The molecule has 0 spiro atoms. The predicted molar refractivity (Wildman–Crippen MR) is 123 cm³/mol. The molecule has 0 bridgehead atoms. The number of pyridine rings is 1. The molecule has 0 unspecified atom stereocenters. The Morgan fingerprint density at radius 1 is 0.871 bits per heavy atom. The van der Waals surface area contributed by atoms with Gasteiger partial charge >= 0.3 is 0 Å². The molecule has 31 heavy (non-hydrogen) atoms. The van der Waals surface area contributed by atoms with Crippen LogP contribution < -0.4 is 5.56 Å². The summed E-state index contributed by atoms with van der Waals surface area (Å²) in [6.07, 6.45) is 4.89. The Bertz CT molecular complexity index is 1480. The Morgan fingerprint density at radius 3 is 2.35 bits per heavy atom. The van der Waals surface area contributed by atoms with E-state index in [2.05, 4.69) is 9.97 Å². The fourth-order valence-electron chi connectivity index (χ4n) is 3.32. The van der Waals surface area contributed by atoms with E-state index in [1.165, 1.54) is 4.57 Å². The molecule has 0 radical (unpaired) electrons. The Labute approximate surface area is 191 Å². The van der Waals surface area contributed by atoms with Gasteiger partial charge in [0.2, 0.25) is 0 Å². The standard InChI is InChI=1S/C22H12Cl3N5O/c23-13-3-6-15(7-4-13)30-20(17-8-5-14(24)10-18(17)25)28-21-19(22(30)31)27-12-29(21)16-2-1-9-26-11-16/h1-12H. The second kappa shape index (κ2) is 7.81. The molecule has 0 aliphatic heterocycles. The van der Waals surface area contributed by atoms with Crippen LogP contribution >= 0.6 is 34.8 Å². The van der Waals surface area contributed by atoms with Gasteiger partial charge in [-0.05, 0) is 54.6 Å². The highest BCUT2D eigenvalue weighted by molar-refractivity contribution is 6.36. The van der Waals surface area contributed by atoms with Gasteiger partial charge in [0.15, 0.2) is 17.0 Å². The van der Waals surface area contributed by atoms with Gasteiger partial charge in [0.05, 0.1) is 22.6 Å². The van der Waals surface area contributed by atoms with Crippen LogP contribution in [0.4, 0.5) is 0 Å². The number of imidazole rings is 1. The van der Waals surface area contributed by atoms with Gasteiger partial charge < -0.3 is 0 Å². The van der Waals surface area contributed by atoms with Crippen molar-refractivity contribution in [2.75, 3.05) is 0 Å². The van der Waals surface area contributed by atoms with Crippen molar-refractivity contribution in [3.05, 3.63) is 98.7 Å². The Hall–Kier alpha value is -3.19. The van der Waals surface area contributed by atoms with E-state index in [0.29, 0.717) is 37.8 Å². The molecule has 0 N–H and O–H groups in total. The highest BCUT2D eigenvalue weighted by Gasteiger charge is 2.20. The van der Waals surface area contributed by atoms with E-state index in [1.807, 2.05) is 6.07 Å². The molecule has 6 nitrogen and oxygen atoms in total. The number of aromatic nitrogens is 5. The molecule has 152 valence electrons. The monoisotopic (exact) mass is 467 g/mol. The third-order valence-corrected chi connectivity index (χ3v) is 5.55. The van der Waals surface area contributed by atoms with Crippen LogP contribution in [0, 0.1) is 0 Å². The van der Waals surface area contributed by atoms with Gasteiger partial charge in [-0.15, -0.1) is 0 Å². The molecule has 0 saturated heterocycles. The first-order chi connectivity index (χ1) is 15.0. The first kappa shape index (κ1) is 19.8. The van der Waals surface area contributed by atoms with Crippen molar-refractivity contribution in [3.8, 4) is 22.8 Å². The van der Waals surface area contributed by atoms with Crippen molar-refractivity contribution in [2.24, 2.45) is 0 Å². The third kappa shape index (κ3) is 3.49. The van der Waals surface area contributed by atoms with Gasteiger partial charge in [0, 0.05) is 21.8 Å². The maximum atomic E-state index is 13.6. The normalized spacial score (nSPS) is 11.2. The lowest BCUT2D eigenvalue weighted by molar-refractivity contribution is 0.961. The third-order valence-electron chi connectivity index (χ3n) is 4.75. The molecule has 3 aromatic heterocycles. The molecule has 0 saturated carbocycles. The molecule has 5 aromatic rings. The van der Waals surface area contributed by atoms with Gasteiger partial charge in [0.25, 0.3) is 5.56 Å². The van der Waals surface area contributed by atoms with Crippen molar-refractivity contribution in [1.82, 2.24) is 24.1 Å². The fraction of sp³-hybridized carbons (Fsp3) is 0. The smallest absolute Gasteiger partial charge is 0.282 e. The van der Waals surface area contributed by atoms with Crippen LogP contribution in [0.3, 0.4) is 0 Å². The molecule has 9 heteroatoms. The van der Waals surface area contributed by atoms with Crippen molar-refractivity contribution in [1.29, 1.82) is 0 Å². The van der Waals surface area contributed by atoms with Gasteiger partial charge in [-0.25, -0.2) is 9.97 Å². The number of nitrogens with zero attached hydrogens (tertiary/aromatic N) is 5. The minimum absolute atomic E-state index is 0.215. The number of hydrogen-bond donors (Lipinski definition) is 0. The number of halogens is 3. The van der Waals surface area contributed by atoms with Gasteiger partial charge in [0.1, 0.15) is 6.33 Å². The molecule has 2 aromatic carbocycles. The fourth-order valence-corrected chi connectivity index (χ4v) is 3.94. The topological polar surface area (TPSA) is 65.6 Å². The number of benzene rings is 2. The van der Waals surface area contributed by atoms with Crippen molar-refractivity contribution in [2.45, 2.75) is 0 Å². The maximum absolute atomic E-state index is 13.6. The quantitative estimate of drug-likeness (QED) is 0.346. The van der Waals surface area contributed by atoms with E-state index >= 15 is 0 Å². The summed E-state index contributed by atoms with van der Waals surface area (Å²) >= 11 is 18.6. The van der Waals surface area contributed by atoms with Crippen molar-refractivity contribution in [3.63, 3.8) is 0 Å². The Morgan fingerprint density at radius 2 is 1.65 bits per heavy atom. The second-order valence-corrected chi connectivity index (χ2v) is 7.95. The predicted octanol–water partition coefficient (Wildman–Crippen LogP) is 5.59. The largest absolute Gasteiger partial charge is 0.286 e. The van der Waals surface area contributed by atoms with E-state index in [-0.39, 0.29) is 11.1 Å². The highest BCUT2D eigenvalue weighted by Crippen LogP contribution is 2.31. The highest BCUT2D eigenvalue weighted by atomic mass is 35.5. The summed E-state index contributed by atoms with van der Waals surface area (Å²) in [7, 11) is 0. The molecule has 3 heterocycles. The molecule has 0 aliphatic carbocycles. The Kier molecular flexibility index (Phi) is 4.98. The second-order valence-electron chi connectivity index (χ2n) is 6.67. The minimum atomic E-state index is -0.337. The SMILES string of the molecule is O=c1c2ncn(-c3cccnc3)c2nc(-c2ccc(Cl)cc2Cl)n1-c1ccc(Cl)cc1. The first-order valence-electron chi connectivity index (χ1n) is 9.15. The van der Waals surface area contributed by atoms with E-state index in [0.717, 1.165) is 5.69 Å². The molecule has 0 fully saturated rings. The summed E-state index contributed by atoms with van der Waals surface area (Å²) in [5, 5.41) is 1.40. The minimum Gasteiger partial charge on any atom is -0.282 e. The number of rotatable bonds is 3. The van der Waals surface area contributed by atoms with Crippen molar-refractivity contribution >= 4 is 46.0 Å². The summed E-state index contributed by atoms with van der Waals surface area (Å²) in [6, 6.07) is 15.6. The lowest BCUT2D eigenvalue weighted by atomic mass is 10.2. The first-order valence-corrected chi connectivity index (χ1v) is 10.3. The average molecular weight is 469 g/mol. The van der Waals surface area contributed by atoms with E-state index < -0.39 is 0 Å². The summed E-state index contributed by atoms with van der Waals surface area (Å²) < 4.78 is 3.18. The van der Waals surface area contributed by atoms with Crippen LogP contribution in [-0.4, -0.2) is 24.1 Å². The summed E-state index contributed by atoms with van der Waals surface area (Å²) in [5.74, 6) is 0.354. The molecular formula is C22H12Cl3N5O. The van der Waals surface area contributed by atoms with Crippen LogP contribution in [0.25, 0.3) is 33.9 Å². The zero-order chi connectivity index (χ0) is 21.5. The number of hydrogen-bond acceptors (Lipinski definition) is 4. The molecule has 0 amide bonds. The molecular weight excluding hydrogens is 457 g/mol. The summed E-state index contributed by atoms with van der Waals surface area (Å²) in [6.45, 7) is 0. The number of fused-ring (bicyclic) bond motifs is 1. The van der Waals surface area contributed by atoms with Crippen molar-refractivity contribution < 1.29 is 0 Å².